The second kappa shape index (κ2) is 9.76. The maximum absolute atomic E-state index is 11.5. The Morgan fingerprint density at radius 1 is 0.773 bits per heavy atom. The molecule has 0 atom stereocenters. The minimum absolute atomic E-state index is 0.493. The summed E-state index contributed by atoms with van der Waals surface area (Å²) < 4.78 is 10.3. The molecule has 132 valence electrons. The van der Waals surface area contributed by atoms with Gasteiger partial charge in [0.05, 0.1) is 29.4 Å². The summed E-state index contributed by atoms with van der Waals surface area (Å²) in [5.74, 6) is 0. The predicted molar refractivity (Wildman–Crippen MR) is 101 cm³/mol. The maximum Gasteiger partial charge on any atom is 0.508 e. The first kappa shape index (κ1) is 21.7. The number of carbonyl (C=O) groups excluding carboxylic acids is 1. The molecule has 0 aromatic carbocycles. The standard InChI is InChI=1S/C17H38O3Si2/c1-15(2)21(5,6)13-9-11-19-17(18)20-12-10-14-22(7,8)16(3)4/h15-16H,9-14H2,1-8H3. The lowest BCUT2D eigenvalue weighted by atomic mass is 10.5. The van der Waals surface area contributed by atoms with E-state index in [1.165, 1.54) is 12.1 Å². The van der Waals surface area contributed by atoms with Gasteiger partial charge < -0.3 is 9.47 Å². The average Bonchev–Trinajstić information content (AvgIpc) is 2.39. The fourth-order valence-electron chi connectivity index (χ4n) is 1.99. The summed E-state index contributed by atoms with van der Waals surface area (Å²) in [6.45, 7) is 19.8. The third-order valence-electron chi connectivity index (χ3n) is 5.50. The maximum atomic E-state index is 11.5. The highest BCUT2D eigenvalue weighted by Crippen LogP contribution is 2.26. The molecular formula is C17H38O3Si2. The third kappa shape index (κ3) is 8.98. The van der Waals surface area contributed by atoms with Crippen molar-refractivity contribution in [3.63, 3.8) is 0 Å². The molecule has 0 bridgehead atoms. The molecule has 5 heteroatoms. The lowest BCUT2D eigenvalue weighted by Gasteiger charge is -2.27. The Hall–Kier alpha value is -0.296. The zero-order valence-corrected chi connectivity index (χ0v) is 18.1. The monoisotopic (exact) mass is 346 g/mol. The highest BCUT2D eigenvalue weighted by Gasteiger charge is 2.25. The molecule has 0 heterocycles. The Balaban J connectivity index is 3.72. The summed E-state index contributed by atoms with van der Waals surface area (Å²) in [6.07, 6.45) is 1.42. The van der Waals surface area contributed by atoms with Gasteiger partial charge in [-0.2, -0.15) is 0 Å². The van der Waals surface area contributed by atoms with Gasteiger partial charge in [-0.1, -0.05) is 77.1 Å². The van der Waals surface area contributed by atoms with E-state index in [-0.39, 0.29) is 0 Å². The molecule has 0 saturated heterocycles. The fraction of sp³-hybridized carbons (Fsp3) is 0.941. The molecule has 0 radical (unpaired) electrons. The van der Waals surface area contributed by atoms with E-state index < -0.39 is 22.3 Å². The highest BCUT2D eigenvalue weighted by atomic mass is 28.3. The number of hydrogen-bond acceptors (Lipinski definition) is 3. The third-order valence-corrected chi connectivity index (χ3v) is 15.0. The number of rotatable bonds is 10. The van der Waals surface area contributed by atoms with Gasteiger partial charge in [0.1, 0.15) is 0 Å². The summed E-state index contributed by atoms with van der Waals surface area (Å²) in [6, 6.07) is 2.40. The summed E-state index contributed by atoms with van der Waals surface area (Å²) in [5, 5.41) is 0. The Morgan fingerprint density at radius 3 is 1.36 bits per heavy atom. The van der Waals surface area contributed by atoms with Crippen LogP contribution >= 0.6 is 0 Å². The quantitative estimate of drug-likeness (QED) is 0.270. The molecule has 0 aliphatic rings. The van der Waals surface area contributed by atoms with Crippen LogP contribution < -0.4 is 0 Å². The van der Waals surface area contributed by atoms with Crippen molar-refractivity contribution in [2.45, 2.75) is 89.9 Å². The molecule has 0 aliphatic carbocycles. The van der Waals surface area contributed by atoms with Crippen molar-refractivity contribution in [2.75, 3.05) is 13.2 Å². The van der Waals surface area contributed by atoms with Crippen molar-refractivity contribution >= 4 is 22.3 Å². The van der Waals surface area contributed by atoms with Crippen LogP contribution in [0.5, 0.6) is 0 Å². The summed E-state index contributed by atoms with van der Waals surface area (Å²) >= 11 is 0. The molecule has 0 aliphatic heterocycles. The van der Waals surface area contributed by atoms with Crippen LogP contribution in [-0.4, -0.2) is 35.5 Å². The van der Waals surface area contributed by atoms with Gasteiger partial charge in [0.2, 0.25) is 0 Å². The Kier molecular flexibility index (Phi) is 9.62. The molecule has 22 heavy (non-hydrogen) atoms. The van der Waals surface area contributed by atoms with Crippen molar-refractivity contribution in [2.24, 2.45) is 0 Å². The van der Waals surface area contributed by atoms with Gasteiger partial charge in [0.25, 0.3) is 0 Å². The SMILES string of the molecule is CC(C)[Si](C)(C)CCCOC(=O)OCCC[Si](C)(C)C(C)C. The normalized spacial score (nSPS) is 12.8. The lowest BCUT2D eigenvalue weighted by Crippen LogP contribution is -2.30. The van der Waals surface area contributed by atoms with Crippen LogP contribution in [0.25, 0.3) is 0 Å². The van der Waals surface area contributed by atoms with E-state index in [0.717, 1.165) is 23.9 Å². The first-order valence-corrected chi connectivity index (χ1v) is 15.4. The van der Waals surface area contributed by atoms with Crippen LogP contribution in [0.2, 0.25) is 49.4 Å². The van der Waals surface area contributed by atoms with Crippen LogP contribution in [0.4, 0.5) is 4.79 Å². The highest BCUT2D eigenvalue weighted by molar-refractivity contribution is 6.79. The summed E-state index contributed by atoms with van der Waals surface area (Å²) in [4.78, 5) is 11.5. The Bertz CT molecular complexity index is 296. The van der Waals surface area contributed by atoms with E-state index in [9.17, 15) is 4.79 Å². The van der Waals surface area contributed by atoms with Crippen LogP contribution in [0, 0.1) is 0 Å². The number of hydrogen-bond donors (Lipinski definition) is 0. The molecule has 0 spiro atoms. The van der Waals surface area contributed by atoms with E-state index in [1.54, 1.807) is 0 Å². The second-order valence-corrected chi connectivity index (χ2v) is 19.7. The van der Waals surface area contributed by atoms with E-state index >= 15 is 0 Å². The molecular weight excluding hydrogens is 308 g/mol. The van der Waals surface area contributed by atoms with E-state index in [4.69, 9.17) is 9.47 Å². The van der Waals surface area contributed by atoms with Crippen LogP contribution in [0.15, 0.2) is 0 Å². The molecule has 0 unspecified atom stereocenters. The molecule has 0 amide bonds. The largest absolute Gasteiger partial charge is 0.508 e. The van der Waals surface area contributed by atoms with Crippen LogP contribution in [-0.2, 0) is 9.47 Å². The number of carbonyl (C=O) groups is 1. The van der Waals surface area contributed by atoms with E-state index in [0.29, 0.717) is 13.2 Å². The topological polar surface area (TPSA) is 35.5 Å². The molecule has 0 aromatic heterocycles. The lowest BCUT2D eigenvalue weighted by molar-refractivity contribution is 0.0553. The predicted octanol–water partition coefficient (Wildman–Crippen LogP) is 6.16. The Morgan fingerprint density at radius 2 is 1.09 bits per heavy atom. The van der Waals surface area contributed by atoms with Gasteiger partial charge in [-0.25, -0.2) is 4.79 Å². The molecule has 0 rings (SSSR count). The molecule has 0 aromatic rings. The Labute approximate surface area is 140 Å². The first-order chi connectivity index (χ1) is 9.99. The second-order valence-electron chi connectivity index (χ2n) is 8.44. The van der Waals surface area contributed by atoms with E-state index in [1.807, 2.05) is 0 Å². The van der Waals surface area contributed by atoms with Crippen molar-refractivity contribution in [1.82, 2.24) is 0 Å². The van der Waals surface area contributed by atoms with Gasteiger partial charge in [0, 0.05) is 0 Å². The fourth-order valence-corrected chi connectivity index (χ4v) is 5.25. The average molecular weight is 347 g/mol. The van der Waals surface area contributed by atoms with Crippen molar-refractivity contribution in [3.05, 3.63) is 0 Å². The van der Waals surface area contributed by atoms with Gasteiger partial charge in [0.15, 0.2) is 0 Å². The van der Waals surface area contributed by atoms with Gasteiger partial charge >= 0.3 is 6.16 Å². The molecule has 0 saturated carbocycles. The zero-order chi connectivity index (χ0) is 17.4. The van der Waals surface area contributed by atoms with Gasteiger partial charge in [-0.15, -0.1) is 0 Å². The summed E-state index contributed by atoms with van der Waals surface area (Å²) in [5.41, 5.74) is 1.54. The summed E-state index contributed by atoms with van der Waals surface area (Å²) in [7, 11) is -2.29. The first-order valence-electron chi connectivity index (χ1n) is 8.78. The smallest absolute Gasteiger partial charge is 0.434 e. The van der Waals surface area contributed by atoms with Crippen LogP contribution in [0.1, 0.15) is 40.5 Å². The minimum atomic E-state index is -1.14. The molecule has 3 nitrogen and oxygen atoms in total. The van der Waals surface area contributed by atoms with Crippen molar-refractivity contribution < 1.29 is 14.3 Å². The minimum Gasteiger partial charge on any atom is -0.434 e. The van der Waals surface area contributed by atoms with Crippen LogP contribution in [0.3, 0.4) is 0 Å². The van der Waals surface area contributed by atoms with Gasteiger partial charge in [-0.05, 0) is 12.8 Å². The molecule has 0 N–H and O–H groups in total. The van der Waals surface area contributed by atoms with E-state index in [2.05, 4.69) is 53.9 Å². The number of ether oxygens (including phenoxy) is 2. The van der Waals surface area contributed by atoms with Gasteiger partial charge in [-0.3, -0.25) is 0 Å². The van der Waals surface area contributed by atoms with Crippen molar-refractivity contribution in [3.8, 4) is 0 Å². The van der Waals surface area contributed by atoms with Crippen molar-refractivity contribution in [1.29, 1.82) is 0 Å². The zero-order valence-electron chi connectivity index (χ0n) is 16.1. The molecule has 0 fully saturated rings.